The highest BCUT2D eigenvalue weighted by Crippen LogP contribution is 2.48. The summed E-state index contributed by atoms with van der Waals surface area (Å²) in [5, 5.41) is 16.5. The van der Waals surface area contributed by atoms with Gasteiger partial charge in [-0.1, -0.05) is 43.9 Å². The number of aliphatic hydroxyl groups is 1. The lowest BCUT2D eigenvalue weighted by molar-refractivity contribution is 0.0682. The molecule has 1 heterocycles. The van der Waals surface area contributed by atoms with Crippen molar-refractivity contribution < 1.29 is 9.90 Å². The van der Waals surface area contributed by atoms with Crippen LogP contribution in [0.15, 0.2) is 30.3 Å². The molecule has 2 aliphatic rings. The number of aromatic nitrogens is 1. The molecule has 1 amide bonds. The molecule has 0 radical (unpaired) electrons. The van der Waals surface area contributed by atoms with Crippen LogP contribution in [0.4, 0.5) is 0 Å². The van der Waals surface area contributed by atoms with Crippen molar-refractivity contribution in [2.24, 2.45) is 11.3 Å². The number of hydrogen-bond donors (Lipinski definition) is 3. The molecule has 1 aromatic carbocycles. The van der Waals surface area contributed by atoms with Gasteiger partial charge in [-0.3, -0.25) is 9.78 Å². The van der Waals surface area contributed by atoms with E-state index in [9.17, 15) is 4.79 Å². The molecule has 0 aliphatic heterocycles. The number of para-hydroxylation sites is 1. The second-order valence-electron chi connectivity index (χ2n) is 9.65. The summed E-state index contributed by atoms with van der Waals surface area (Å²) in [5.41, 5.74) is 2.95. The highest BCUT2D eigenvalue weighted by molar-refractivity contribution is 6.06. The molecule has 0 unspecified atom stereocenters. The monoisotopic (exact) mass is 423 g/mol. The van der Waals surface area contributed by atoms with E-state index in [4.69, 9.17) is 10.1 Å². The SMILES string of the molecule is O=C(NCC12CCCC(CCC1)C2)c1cc(CCCNCCCO)nc2ccccc12. The molecule has 1 aromatic heterocycles. The van der Waals surface area contributed by atoms with Crippen molar-refractivity contribution in [1.29, 1.82) is 0 Å². The fourth-order valence-corrected chi connectivity index (χ4v) is 5.70. The van der Waals surface area contributed by atoms with Crippen molar-refractivity contribution in [2.45, 2.75) is 64.2 Å². The molecule has 5 nitrogen and oxygen atoms in total. The van der Waals surface area contributed by atoms with Gasteiger partial charge in [-0.05, 0) is 75.1 Å². The Labute approximate surface area is 186 Å². The van der Waals surface area contributed by atoms with E-state index in [0.29, 0.717) is 5.41 Å². The third-order valence-corrected chi connectivity index (χ3v) is 7.30. The van der Waals surface area contributed by atoms with Crippen LogP contribution in [0.2, 0.25) is 0 Å². The van der Waals surface area contributed by atoms with Crippen LogP contribution in [-0.4, -0.2) is 42.2 Å². The Hall–Kier alpha value is -1.98. The highest BCUT2D eigenvalue weighted by Gasteiger charge is 2.39. The Balaban J connectivity index is 1.43. The standard InChI is InChI=1S/C26H37N3O2/c30-16-6-15-27-14-5-9-21-17-23(22-10-1-2-11-24(22)29-21)25(31)28-19-26-12-3-7-20(18-26)8-4-13-26/h1-2,10-11,17,20,27,30H,3-9,12-16,18-19H2,(H,28,31). The maximum atomic E-state index is 13.3. The molecule has 2 fully saturated rings. The molecule has 0 atom stereocenters. The topological polar surface area (TPSA) is 74.2 Å². The van der Waals surface area contributed by atoms with E-state index in [1.54, 1.807) is 0 Å². The lowest BCUT2D eigenvalue weighted by atomic mass is 9.62. The number of amides is 1. The number of nitrogens with one attached hydrogen (secondary N) is 2. The second kappa shape index (κ2) is 10.6. The van der Waals surface area contributed by atoms with Crippen molar-refractivity contribution in [1.82, 2.24) is 15.6 Å². The Morgan fingerprint density at radius 1 is 1.13 bits per heavy atom. The van der Waals surface area contributed by atoms with Crippen LogP contribution in [0.5, 0.6) is 0 Å². The molecule has 4 rings (SSSR count). The zero-order valence-corrected chi connectivity index (χ0v) is 18.7. The van der Waals surface area contributed by atoms with Crippen LogP contribution in [0, 0.1) is 11.3 Å². The van der Waals surface area contributed by atoms with E-state index in [1.807, 2.05) is 30.3 Å². The first-order valence-corrected chi connectivity index (χ1v) is 12.2. The Kier molecular flexibility index (Phi) is 7.57. The second-order valence-corrected chi connectivity index (χ2v) is 9.65. The number of pyridine rings is 1. The molecular weight excluding hydrogens is 386 g/mol. The van der Waals surface area contributed by atoms with Gasteiger partial charge in [-0.25, -0.2) is 0 Å². The average Bonchev–Trinajstić information content (AvgIpc) is 2.79. The van der Waals surface area contributed by atoms with Gasteiger partial charge in [0, 0.05) is 24.2 Å². The number of aliphatic hydroxyl groups excluding tert-OH is 1. The smallest absolute Gasteiger partial charge is 0.252 e. The summed E-state index contributed by atoms with van der Waals surface area (Å²) in [6, 6.07) is 9.97. The number of carbonyl (C=O) groups is 1. The van der Waals surface area contributed by atoms with Crippen molar-refractivity contribution in [3.05, 3.63) is 41.6 Å². The van der Waals surface area contributed by atoms with Gasteiger partial charge in [-0.15, -0.1) is 0 Å². The lowest BCUT2D eigenvalue weighted by Crippen LogP contribution is -2.43. The van der Waals surface area contributed by atoms with Crippen LogP contribution < -0.4 is 10.6 Å². The summed E-state index contributed by atoms with van der Waals surface area (Å²) in [5.74, 6) is 0.918. The maximum Gasteiger partial charge on any atom is 0.252 e. The van der Waals surface area contributed by atoms with Gasteiger partial charge in [-0.2, -0.15) is 0 Å². The minimum absolute atomic E-state index is 0.0444. The van der Waals surface area contributed by atoms with E-state index in [-0.39, 0.29) is 12.5 Å². The number of carbonyl (C=O) groups excluding carboxylic acids is 1. The van der Waals surface area contributed by atoms with Gasteiger partial charge in [0.25, 0.3) is 5.91 Å². The summed E-state index contributed by atoms with van der Waals surface area (Å²) < 4.78 is 0. The molecule has 5 heteroatoms. The minimum atomic E-state index is 0.0444. The first kappa shape index (κ1) is 22.2. The zero-order valence-electron chi connectivity index (χ0n) is 18.7. The number of rotatable bonds is 10. The number of aryl methyl sites for hydroxylation is 1. The first-order chi connectivity index (χ1) is 15.2. The van der Waals surface area contributed by atoms with Crippen LogP contribution in [0.25, 0.3) is 10.9 Å². The molecule has 0 spiro atoms. The molecule has 2 saturated carbocycles. The van der Waals surface area contributed by atoms with Crippen LogP contribution >= 0.6 is 0 Å². The van der Waals surface area contributed by atoms with Gasteiger partial charge < -0.3 is 15.7 Å². The number of fused-ring (bicyclic) bond motifs is 3. The minimum Gasteiger partial charge on any atom is -0.396 e. The van der Waals surface area contributed by atoms with E-state index in [0.717, 1.165) is 67.0 Å². The predicted octanol–water partition coefficient (Wildman–Crippen LogP) is 4.23. The molecule has 2 bridgehead atoms. The van der Waals surface area contributed by atoms with Crippen LogP contribution in [-0.2, 0) is 6.42 Å². The predicted molar refractivity (Wildman–Crippen MR) is 125 cm³/mol. The summed E-state index contributed by atoms with van der Waals surface area (Å²) in [6.45, 7) is 2.75. The van der Waals surface area contributed by atoms with E-state index in [2.05, 4.69) is 10.6 Å². The van der Waals surface area contributed by atoms with Crippen molar-refractivity contribution >= 4 is 16.8 Å². The largest absolute Gasteiger partial charge is 0.396 e. The molecule has 31 heavy (non-hydrogen) atoms. The van der Waals surface area contributed by atoms with Crippen molar-refractivity contribution in [2.75, 3.05) is 26.2 Å². The first-order valence-electron chi connectivity index (χ1n) is 12.2. The fraction of sp³-hybridized carbons (Fsp3) is 0.615. The number of nitrogens with zero attached hydrogens (tertiary/aromatic N) is 1. The maximum absolute atomic E-state index is 13.3. The summed E-state index contributed by atoms with van der Waals surface area (Å²) in [4.78, 5) is 18.1. The highest BCUT2D eigenvalue weighted by atomic mass is 16.3. The van der Waals surface area contributed by atoms with Crippen LogP contribution in [0.1, 0.15) is 73.8 Å². The fourth-order valence-electron chi connectivity index (χ4n) is 5.70. The third kappa shape index (κ3) is 5.64. The average molecular weight is 424 g/mol. The Bertz CT molecular complexity index is 872. The van der Waals surface area contributed by atoms with Gasteiger partial charge in [0.15, 0.2) is 0 Å². The lowest BCUT2D eigenvalue weighted by Gasteiger charge is -2.45. The number of benzene rings is 1. The number of hydrogen-bond acceptors (Lipinski definition) is 4. The van der Waals surface area contributed by atoms with Gasteiger partial charge >= 0.3 is 0 Å². The zero-order chi connectivity index (χ0) is 21.5. The molecule has 0 saturated heterocycles. The summed E-state index contributed by atoms with van der Waals surface area (Å²) in [6.07, 6.45) is 11.8. The van der Waals surface area contributed by atoms with Gasteiger partial charge in [0.1, 0.15) is 0 Å². The molecule has 2 aromatic rings. The van der Waals surface area contributed by atoms with Gasteiger partial charge in [0.05, 0.1) is 11.1 Å². The normalized spacial score (nSPS) is 23.1. The summed E-state index contributed by atoms with van der Waals surface area (Å²) in [7, 11) is 0. The van der Waals surface area contributed by atoms with E-state index < -0.39 is 0 Å². The van der Waals surface area contributed by atoms with E-state index in [1.165, 1.54) is 44.9 Å². The van der Waals surface area contributed by atoms with Crippen LogP contribution in [0.3, 0.4) is 0 Å². The summed E-state index contributed by atoms with van der Waals surface area (Å²) >= 11 is 0. The quantitative estimate of drug-likeness (QED) is 0.500. The molecular formula is C26H37N3O2. The van der Waals surface area contributed by atoms with Crippen molar-refractivity contribution in [3.63, 3.8) is 0 Å². The van der Waals surface area contributed by atoms with Gasteiger partial charge in [0.2, 0.25) is 0 Å². The Morgan fingerprint density at radius 3 is 2.71 bits per heavy atom. The molecule has 168 valence electrons. The van der Waals surface area contributed by atoms with E-state index >= 15 is 0 Å². The van der Waals surface area contributed by atoms with Crippen molar-refractivity contribution in [3.8, 4) is 0 Å². The molecule has 3 N–H and O–H groups in total. The Morgan fingerprint density at radius 2 is 1.90 bits per heavy atom. The molecule has 2 aliphatic carbocycles. The third-order valence-electron chi connectivity index (χ3n) is 7.30.